The Morgan fingerprint density at radius 3 is 2.74 bits per heavy atom. The molecule has 31 heavy (non-hydrogen) atoms. The summed E-state index contributed by atoms with van der Waals surface area (Å²) in [6.07, 6.45) is 1.49. The van der Waals surface area contributed by atoms with Crippen LogP contribution in [0.15, 0.2) is 65.3 Å². The number of nitrogens with one attached hydrogen (secondary N) is 1. The van der Waals surface area contributed by atoms with Crippen molar-refractivity contribution in [2.24, 2.45) is 0 Å². The highest BCUT2D eigenvalue weighted by atomic mass is 19.1. The maximum absolute atomic E-state index is 13.0. The van der Waals surface area contributed by atoms with Gasteiger partial charge in [-0.1, -0.05) is 24.3 Å². The highest BCUT2D eigenvalue weighted by Gasteiger charge is 2.14. The summed E-state index contributed by atoms with van der Waals surface area (Å²) in [5.74, 6) is 0.829. The van der Waals surface area contributed by atoms with Gasteiger partial charge in [-0.25, -0.2) is 14.1 Å². The molecule has 0 saturated carbocycles. The third-order valence-electron chi connectivity index (χ3n) is 4.62. The fourth-order valence-corrected chi connectivity index (χ4v) is 2.96. The second-order valence-electron chi connectivity index (χ2n) is 7.17. The second kappa shape index (κ2) is 8.83. The molecule has 0 aliphatic carbocycles. The van der Waals surface area contributed by atoms with Gasteiger partial charge in [0.05, 0.1) is 6.54 Å². The third-order valence-corrected chi connectivity index (χ3v) is 4.62. The molecular weight excluding hydrogens is 399 g/mol. The molecule has 1 amide bonds. The number of aryl methyl sites for hydroxylation is 2. The Hall–Kier alpha value is -3.94. The minimum Gasteiger partial charge on any atom is -0.485 e. The standard InChI is InChI=1S/C23H21FN4O3/c1-15-3-4-16(2)21(11-15)30-13-19-9-10-20(31-19)22(29)26-23-25-14-28(27-23)12-17-5-7-18(24)8-6-17/h3-11,14H,12-13H2,1-2H3,(H,26,27,29). The minimum atomic E-state index is -0.461. The average Bonchev–Trinajstić information content (AvgIpc) is 3.40. The topological polar surface area (TPSA) is 82.2 Å². The van der Waals surface area contributed by atoms with Gasteiger partial charge < -0.3 is 9.15 Å². The van der Waals surface area contributed by atoms with E-state index in [4.69, 9.17) is 9.15 Å². The van der Waals surface area contributed by atoms with Crippen molar-refractivity contribution in [3.05, 3.63) is 95.0 Å². The maximum Gasteiger partial charge on any atom is 0.293 e. The molecule has 4 aromatic rings. The van der Waals surface area contributed by atoms with Gasteiger partial charge in [0.2, 0.25) is 5.95 Å². The van der Waals surface area contributed by atoms with E-state index in [1.165, 1.54) is 18.5 Å². The molecule has 2 heterocycles. The van der Waals surface area contributed by atoms with Crippen LogP contribution in [0.2, 0.25) is 0 Å². The molecular formula is C23H21FN4O3. The van der Waals surface area contributed by atoms with Crippen LogP contribution in [0.1, 0.15) is 33.0 Å². The molecule has 0 bridgehead atoms. The number of carbonyl (C=O) groups is 1. The Labute approximate surface area is 178 Å². The molecule has 0 aliphatic heterocycles. The molecule has 0 unspecified atom stereocenters. The van der Waals surface area contributed by atoms with Gasteiger partial charge in [0.15, 0.2) is 5.76 Å². The Balaban J connectivity index is 1.34. The number of ether oxygens (including phenoxy) is 1. The van der Waals surface area contributed by atoms with Crippen molar-refractivity contribution in [3.8, 4) is 5.75 Å². The van der Waals surface area contributed by atoms with E-state index in [0.717, 1.165) is 22.4 Å². The summed E-state index contributed by atoms with van der Waals surface area (Å²) in [7, 11) is 0. The first-order valence-electron chi connectivity index (χ1n) is 9.70. The quantitative estimate of drug-likeness (QED) is 0.476. The van der Waals surface area contributed by atoms with E-state index in [1.54, 1.807) is 28.9 Å². The Bertz CT molecular complexity index is 1200. The van der Waals surface area contributed by atoms with Gasteiger partial charge >= 0.3 is 0 Å². The van der Waals surface area contributed by atoms with Crippen LogP contribution in [-0.2, 0) is 13.2 Å². The molecule has 0 fully saturated rings. The monoisotopic (exact) mass is 420 g/mol. The van der Waals surface area contributed by atoms with Crippen LogP contribution >= 0.6 is 0 Å². The summed E-state index contributed by atoms with van der Waals surface area (Å²) < 4.78 is 25.9. The molecule has 0 atom stereocenters. The van der Waals surface area contributed by atoms with Gasteiger partial charge in [0, 0.05) is 0 Å². The summed E-state index contributed by atoms with van der Waals surface area (Å²) >= 11 is 0. The molecule has 2 aromatic carbocycles. The lowest BCUT2D eigenvalue weighted by atomic mass is 10.1. The minimum absolute atomic E-state index is 0.134. The number of carbonyl (C=O) groups excluding carboxylic acids is 1. The zero-order valence-electron chi connectivity index (χ0n) is 17.1. The first-order chi connectivity index (χ1) is 15.0. The van der Waals surface area contributed by atoms with E-state index in [1.807, 2.05) is 32.0 Å². The highest BCUT2D eigenvalue weighted by molar-refractivity contribution is 6.01. The van der Waals surface area contributed by atoms with E-state index in [-0.39, 0.29) is 24.1 Å². The van der Waals surface area contributed by atoms with Gasteiger partial charge in [-0.15, -0.1) is 5.10 Å². The van der Waals surface area contributed by atoms with Crippen molar-refractivity contribution < 1.29 is 18.3 Å². The van der Waals surface area contributed by atoms with Gasteiger partial charge in [0.25, 0.3) is 5.91 Å². The summed E-state index contributed by atoms with van der Waals surface area (Å²) in [5, 5.41) is 6.81. The lowest BCUT2D eigenvalue weighted by Crippen LogP contribution is -2.12. The molecule has 1 N–H and O–H groups in total. The van der Waals surface area contributed by atoms with Gasteiger partial charge in [-0.3, -0.25) is 10.1 Å². The maximum atomic E-state index is 13.0. The van der Waals surface area contributed by atoms with Gasteiger partial charge in [-0.2, -0.15) is 0 Å². The summed E-state index contributed by atoms with van der Waals surface area (Å²) in [6.45, 7) is 4.58. The molecule has 2 aromatic heterocycles. The number of hydrogen-bond donors (Lipinski definition) is 1. The lowest BCUT2D eigenvalue weighted by molar-refractivity contribution is 0.0991. The third kappa shape index (κ3) is 5.16. The zero-order valence-corrected chi connectivity index (χ0v) is 17.1. The number of halogens is 1. The smallest absolute Gasteiger partial charge is 0.293 e. The molecule has 0 saturated heterocycles. The zero-order chi connectivity index (χ0) is 21.8. The van der Waals surface area contributed by atoms with Crippen LogP contribution in [0.25, 0.3) is 0 Å². The second-order valence-corrected chi connectivity index (χ2v) is 7.17. The lowest BCUT2D eigenvalue weighted by Gasteiger charge is -2.08. The molecule has 158 valence electrons. The van der Waals surface area contributed by atoms with Crippen molar-refractivity contribution in [1.82, 2.24) is 14.8 Å². The number of benzene rings is 2. The van der Waals surface area contributed by atoms with Crippen molar-refractivity contribution >= 4 is 11.9 Å². The largest absolute Gasteiger partial charge is 0.485 e. The number of furan rings is 1. The van der Waals surface area contributed by atoms with Crippen LogP contribution in [0.3, 0.4) is 0 Å². The van der Waals surface area contributed by atoms with Crippen molar-refractivity contribution in [1.29, 1.82) is 0 Å². The Kier molecular flexibility index (Phi) is 5.79. The number of rotatable bonds is 7. The van der Waals surface area contributed by atoms with E-state index >= 15 is 0 Å². The van der Waals surface area contributed by atoms with Crippen molar-refractivity contribution in [2.75, 3.05) is 5.32 Å². The summed E-state index contributed by atoms with van der Waals surface area (Å²) in [6, 6.07) is 15.3. The van der Waals surface area contributed by atoms with Gasteiger partial charge in [-0.05, 0) is 60.9 Å². The molecule has 4 rings (SSSR count). The number of nitrogens with zero attached hydrogens (tertiary/aromatic N) is 3. The molecule has 0 spiro atoms. The van der Waals surface area contributed by atoms with Crippen LogP contribution in [0, 0.1) is 19.7 Å². The highest BCUT2D eigenvalue weighted by Crippen LogP contribution is 2.21. The average molecular weight is 420 g/mol. The first-order valence-corrected chi connectivity index (χ1v) is 9.70. The van der Waals surface area contributed by atoms with E-state index in [0.29, 0.717) is 12.3 Å². The first kappa shape index (κ1) is 20.3. The number of aromatic nitrogens is 3. The van der Waals surface area contributed by atoms with Crippen molar-refractivity contribution in [2.45, 2.75) is 27.0 Å². The van der Waals surface area contributed by atoms with E-state index in [2.05, 4.69) is 15.4 Å². The SMILES string of the molecule is Cc1ccc(C)c(OCc2ccc(C(=O)Nc3ncn(Cc4ccc(F)cc4)n3)o2)c1. The molecule has 7 nitrogen and oxygen atoms in total. The predicted molar refractivity (Wildman–Crippen MR) is 112 cm³/mol. The fraction of sp³-hybridized carbons (Fsp3) is 0.174. The molecule has 0 aliphatic rings. The van der Waals surface area contributed by atoms with E-state index < -0.39 is 5.91 Å². The number of amides is 1. The van der Waals surface area contributed by atoms with Crippen LogP contribution in [0.5, 0.6) is 5.75 Å². The number of hydrogen-bond acceptors (Lipinski definition) is 5. The molecule has 8 heteroatoms. The molecule has 0 radical (unpaired) electrons. The Morgan fingerprint density at radius 2 is 1.94 bits per heavy atom. The van der Waals surface area contributed by atoms with Crippen LogP contribution in [0.4, 0.5) is 10.3 Å². The Morgan fingerprint density at radius 1 is 1.13 bits per heavy atom. The number of anilines is 1. The van der Waals surface area contributed by atoms with Crippen LogP contribution in [-0.4, -0.2) is 20.7 Å². The predicted octanol–water partition coefficient (Wildman–Crippen LogP) is 4.51. The summed E-state index contributed by atoms with van der Waals surface area (Å²) in [4.78, 5) is 16.5. The van der Waals surface area contributed by atoms with Crippen LogP contribution < -0.4 is 10.1 Å². The van der Waals surface area contributed by atoms with Crippen molar-refractivity contribution in [3.63, 3.8) is 0 Å². The van der Waals surface area contributed by atoms with Gasteiger partial charge in [0.1, 0.15) is 30.3 Å². The fourth-order valence-electron chi connectivity index (χ4n) is 2.96. The normalized spacial score (nSPS) is 10.8. The summed E-state index contributed by atoms with van der Waals surface area (Å²) in [5.41, 5.74) is 2.99. The van der Waals surface area contributed by atoms with E-state index in [9.17, 15) is 9.18 Å².